The van der Waals surface area contributed by atoms with Crippen LogP contribution in [0.1, 0.15) is 68.1 Å². The van der Waals surface area contributed by atoms with Crippen molar-refractivity contribution in [3.63, 3.8) is 0 Å². The van der Waals surface area contributed by atoms with Crippen LogP contribution in [-0.2, 0) is 10.0 Å². The molecule has 0 atom stereocenters. The number of sulfonamides is 1. The second-order valence-electron chi connectivity index (χ2n) is 7.84. The number of amidine groups is 1. The van der Waals surface area contributed by atoms with E-state index in [1.165, 1.54) is 25.3 Å². The van der Waals surface area contributed by atoms with Crippen molar-refractivity contribution < 1.29 is 13.2 Å². The third-order valence-corrected chi connectivity index (χ3v) is 7.22. The van der Waals surface area contributed by atoms with Crippen molar-refractivity contribution in [2.75, 3.05) is 18.0 Å². The highest BCUT2D eigenvalue weighted by molar-refractivity contribution is 7.90. The minimum Gasteiger partial charge on any atom is -0.352 e. The van der Waals surface area contributed by atoms with E-state index in [-0.39, 0.29) is 10.8 Å². The number of amides is 1. The number of hydrogen-bond donors (Lipinski definition) is 1. The van der Waals surface area contributed by atoms with Gasteiger partial charge in [-0.2, -0.15) is 8.42 Å². The van der Waals surface area contributed by atoms with Gasteiger partial charge in [0.15, 0.2) is 0 Å². The van der Waals surface area contributed by atoms with E-state index in [0.29, 0.717) is 36.0 Å². The van der Waals surface area contributed by atoms with Crippen LogP contribution in [0.2, 0.25) is 0 Å². The van der Waals surface area contributed by atoms with Gasteiger partial charge in [-0.05, 0) is 49.8 Å². The van der Waals surface area contributed by atoms with E-state index < -0.39 is 10.0 Å². The first kappa shape index (κ1) is 18.5. The number of anilines is 1. The average Bonchev–Trinajstić information content (AvgIpc) is 2.91. The number of rotatable bonds is 3. The molecule has 2 heterocycles. The van der Waals surface area contributed by atoms with Crippen LogP contribution in [0.3, 0.4) is 0 Å². The van der Waals surface area contributed by atoms with Gasteiger partial charge < -0.3 is 10.2 Å². The van der Waals surface area contributed by atoms with Crippen LogP contribution >= 0.6 is 0 Å². The smallest absolute Gasteiger partial charge is 0.286 e. The van der Waals surface area contributed by atoms with E-state index in [2.05, 4.69) is 9.71 Å². The van der Waals surface area contributed by atoms with Crippen LogP contribution in [0.25, 0.3) is 0 Å². The van der Waals surface area contributed by atoms with Crippen molar-refractivity contribution in [2.45, 2.75) is 62.7 Å². The van der Waals surface area contributed by atoms with Gasteiger partial charge in [0, 0.05) is 25.1 Å². The Morgan fingerprint density at radius 1 is 1.11 bits per heavy atom. The van der Waals surface area contributed by atoms with E-state index in [9.17, 15) is 13.2 Å². The molecule has 1 aromatic carbocycles. The minimum absolute atomic E-state index is 0.151. The zero-order chi connectivity index (χ0) is 18.9. The lowest BCUT2D eigenvalue weighted by Crippen LogP contribution is -2.35. The van der Waals surface area contributed by atoms with E-state index in [4.69, 9.17) is 0 Å². The lowest BCUT2D eigenvalue weighted by Gasteiger charge is -2.29. The molecule has 0 bridgehead atoms. The second kappa shape index (κ2) is 7.62. The fourth-order valence-electron chi connectivity index (χ4n) is 4.35. The zero-order valence-electron chi connectivity index (χ0n) is 15.6. The van der Waals surface area contributed by atoms with Crippen molar-refractivity contribution in [3.05, 3.63) is 23.8 Å². The molecule has 0 unspecified atom stereocenters. The Balaban J connectivity index is 1.55. The van der Waals surface area contributed by atoms with Gasteiger partial charge in [-0.15, -0.1) is 4.40 Å². The number of carbonyl (C=O) groups excluding carboxylic acids is 1. The molecule has 1 saturated carbocycles. The van der Waals surface area contributed by atoms with Gasteiger partial charge in [-0.1, -0.05) is 25.7 Å². The SMILES string of the molecule is O=C(NCC1CCCCC1)c1ccc2c(c1)S(=O)(=O)N=C1CCCCCN12. The minimum atomic E-state index is -3.75. The van der Waals surface area contributed by atoms with E-state index in [1.807, 2.05) is 4.90 Å². The highest BCUT2D eigenvalue weighted by Gasteiger charge is 2.32. The molecule has 146 valence electrons. The van der Waals surface area contributed by atoms with Crippen LogP contribution < -0.4 is 10.2 Å². The summed E-state index contributed by atoms with van der Waals surface area (Å²) in [6.07, 6.45) is 9.79. The lowest BCUT2D eigenvalue weighted by molar-refractivity contribution is 0.0943. The van der Waals surface area contributed by atoms with E-state index in [0.717, 1.165) is 38.6 Å². The molecule has 2 fully saturated rings. The Morgan fingerprint density at radius 3 is 2.70 bits per heavy atom. The van der Waals surface area contributed by atoms with Crippen LogP contribution in [0.4, 0.5) is 5.69 Å². The summed E-state index contributed by atoms with van der Waals surface area (Å²) in [5, 5.41) is 2.99. The third-order valence-electron chi connectivity index (χ3n) is 5.89. The standard InChI is InChI=1S/C20H27N3O3S/c24-20(21-14-15-7-3-1-4-8-15)16-10-11-17-18(13-16)27(25,26)22-19-9-5-2-6-12-23(17)19/h10-11,13,15H,1-9,12,14H2,(H,21,24). The van der Waals surface area contributed by atoms with Gasteiger partial charge in [-0.3, -0.25) is 4.79 Å². The summed E-state index contributed by atoms with van der Waals surface area (Å²) in [7, 11) is -3.75. The average molecular weight is 390 g/mol. The summed E-state index contributed by atoms with van der Waals surface area (Å²) < 4.78 is 29.4. The number of nitrogens with one attached hydrogen (secondary N) is 1. The van der Waals surface area contributed by atoms with Gasteiger partial charge in [0.1, 0.15) is 10.7 Å². The summed E-state index contributed by atoms with van der Waals surface area (Å²) in [6.45, 7) is 1.44. The van der Waals surface area contributed by atoms with Crippen LogP contribution in [0.15, 0.2) is 27.5 Å². The maximum atomic E-state index is 12.7. The fourth-order valence-corrected chi connectivity index (χ4v) is 5.64. The first-order valence-electron chi connectivity index (χ1n) is 10.1. The van der Waals surface area contributed by atoms with Crippen LogP contribution in [0, 0.1) is 5.92 Å². The molecule has 27 heavy (non-hydrogen) atoms. The number of benzene rings is 1. The van der Waals surface area contributed by atoms with Gasteiger partial charge in [-0.25, -0.2) is 0 Å². The van der Waals surface area contributed by atoms with Gasteiger partial charge in [0.2, 0.25) is 0 Å². The molecule has 0 aromatic heterocycles. The predicted octanol–water partition coefficient (Wildman–Crippen LogP) is 3.48. The summed E-state index contributed by atoms with van der Waals surface area (Å²) in [5.74, 6) is 0.965. The lowest BCUT2D eigenvalue weighted by atomic mass is 9.89. The summed E-state index contributed by atoms with van der Waals surface area (Å²) >= 11 is 0. The molecule has 4 rings (SSSR count). The molecular formula is C20H27N3O3S. The summed E-state index contributed by atoms with van der Waals surface area (Å²) in [5.41, 5.74) is 1.05. The Kier molecular flexibility index (Phi) is 5.21. The Morgan fingerprint density at radius 2 is 1.89 bits per heavy atom. The predicted molar refractivity (Wildman–Crippen MR) is 106 cm³/mol. The maximum absolute atomic E-state index is 12.7. The third kappa shape index (κ3) is 3.88. The number of nitrogens with zero attached hydrogens (tertiary/aromatic N) is 2. The van der Waals surface area contributed by atoms with E-state index >= 15 is 0 Å². The highest BCUT2D eigenvalue weighted by atomic mass is 32.2. The largest absolute Gasteiger partial charge is 0.352 e. The van der Waals surface area contributed by atoms with Crippen LogP contribution in [0.5, 0.6) is 0 Å². The van der Waals surface area contributed by atoms with Crippen molar-refractivity contribution >= 4 is 27.5 Å². The topological polar surface area (TPSA) is 78.8 Å². The molecule has 0 radical (unpaired) electrons. The van der Waals surface area contributed by atoms with Gasteiger partial charge in [0.05, 0.1) is 5.69 Å². The van der Waals surface area contributed by atoms with Crippen molar-refractivity contribution in [3.8, 4) is 0 Å². The molecule has 1 N–H and O–H groups in total. The Labute approximate surface area is 161 Å². The summed E-state index contributed by atoms with van der Waals surface area (Å²) in [4.78, 5) is 14.7. The molecule has 1 saturated heterocycles. The molecule has 1 aliphatic carbocycles. The molecule has 0 spiro atoms. The summed E-state index contributed by atoms with van der Waals surface area (Å²) in [6, 6.07) is 4.99. The highest BCUT2D eigenvalue weighted by Crippen LogP contribution is 2.35. The first-order valence-corrected chi connectivity index (χ1v) is 11.5. The first-order chi connectivity index (χ1) is 13.0. The van der Waals surface area contributed by atoms with Crippen LogP contribution in [-0.4, -0.2) is 33.3 Å². The van der Waals surface area contributed by atoms with Gasteiger partial charge >= 0.3 is 0 Å². The molecule has 3 aliphatic rings. The number of fused-ring (bicyclic) bond motifs is 3. The van der Waals surface area contributed by atoms with Crippen molar-refractivity contribution in [1.82, 2.24) is 5.32 Å². The molecule has 1 aromatic rings. The van der Waals surface area contributed by atoms with Crippen molar-refractivity contribution in [1.29, 1.82) is 0 Å². The molecule has 7 heteroatoms. The van der Waals surface area contributed by atoms with E-state index in [1.54, 1.807) is 12.1 Å². The van der Waals surface area contributed by atoms with Gasteiger partial charge in [0.25, 0.3) is 15.9 Å². The Hall–Kier alpha value is -1.89. The monoisotopic (exact) mass is 389 g/mol. The Bertz CT molecular complexity index is 857. The maximum Gasteiger partial charge on any atom is 0.286 e. The molecule has 1 amide bonds. The number of carbonyl (C=O) groups is 1. The quantitative estimate of drug-likeness (QED) is 0.858. The molecular weight excluding hydrogens is 362 g/mol. The second-order valence-corrected chi connectivity index (χ2v) is 9.41. The zero-order valence-corrected chi connectivity index (χ0v) is 16.4. The molecule has 2 aliphatic heterocycles. The normalized spacial score (nSPS) is 22.2. The molecule has 6 nitrogen and oxygen atoms in total. The number of hydrogen-bond acceptors (Lipinski definition) is 4. The fraction of sp³-hybridized carbons (Fsp3) is 0.600. The van der Waals surface area contributed by atoms with Crippen molar-refractivity contribution in [2.24, 2.45) is 10.3 Å².